The summed E-state index contributed by atoms with van der Waals surface area (Å²) in [6, 6.07) is 12.3. The van der Waals surface area contributed by atoms with Crippen molar-refractivity contribution in [2.45, 2.75) is 41.8 Å². The number of thioether (sulfide) groups is 1. The first-order chi connectivity index (χ1) is 18.8. The molecular weight excluding hydrogens is 562 g/mol. The van der Waals surface area contributed by atoms with Crippen LogP contribution in [0.5, 0.6) is 11.5 Å². The zero-order chi connectivity index (χ0) is 29.1. The number of hydrogen-bond acceptors (Lipinski definition) is 6. The second kappa shape index (κ2) is 11.6. The number of ether oxygens (including phenoxy) is 2. The van der Waals surface area contributed by atoms with E-state index < -0.39 is 35.5 Å². The summed E-state index contributed by atoms with van der Waals surface area (Å²) in [6.07, 6.45) is -9.44. The molecule has 0 saturated heterocycles. The van der Waals surface area contributed by atoms with Crippen molar-refractivity contribution in [2.24, 2.45) is 0 Å². The normalized spacial score (nSPS) is 16.2. The van der Waals surface area contributed by atoms with E-state index in [0.717, 1.165) is 11.0 Å². The predicted molar refractivity (Wildman–Crippen MR) is 135 cm³/mol. The van der Waals surface area contributed by atoms with Crippen molar-refractivity contribution in [2.75, 3.05) is 24.3 Å². The van der Waals surface area contributed by atoms with Crippen LogP contribution in [0, 0.1) is 0 Å². The summed E-state index contributed by atoms with van der Waals surface area (Å²) in [4.78, 5) is 19.4. The molecule has 4 rings (SSSR count). The van der Waals surface area contributed by atoms with Crippen molar-refractivity contribution in [3.63, 3.8) is 0 Å². The molecule has 0 fully saturated rings. The van der Waals surface area contributed by atoms with Gasteiger partial charge in [0.25, 0.3) is 5.60 Å². The number of carbonyl (C=O) groups excluding carboxylic acids is 1. The van der Waals surface area contributed by atoms with E-state index in [1.165, 1.54) is 23.8 Å². The number of anilines is 1. The summed E-state index contributed by atoms with van der Waals surface area (Å²) in [5.74, 6) is 0.433. The van der Waals surface area contributed by atoms with Gasteiger partial charge in [0.2, 0.25) is 5.91 Å². The molecule has 0 unspecified atom stereocenters. The fourth-order valence-corrected chi connectivity index (χ4v) is 5.09. The van der Waals surface area contributed by atoms with Crippen molar-refractivity contribution < 1.29 is 45.7 Å². The highest BCUT2D eigenvalue weighted by atomic mass is 32.2. The number of benzene rings is 2. The lowest BCUT2D eigenvalue weighted by atomic mass is 9.89. The van der Waals surface area contributed by atoms with Crippen LogP contribution in [-0.4, -0.2) is 53.9 Å². The van der Waals surface area contributed by atoms with Crippen LogP contribution in [0.15, 0.2) is 71.9 Å². The number of methoxy groups -OCH3 is 1. The Bertz CT molecular complexity index is 1320. The van der Waals surface area contributed by atoms with E-state index >= 15 is 0 Å². The fourth-order valence-electron chi connectivity index (χ4n) is 4.33. The summed E-state index contributed by atoms with van der Waals surface area (Å²) in [5, 5.41) is 9.93. The lowest BCUT2D eigenvalue weighted by Crippen LogP contribution is -2.54. The second-order valence-corrected chi connectivity index (χ2v) is 10.0. The van der Waals surface area contributed by atoms with E-state index in [4.69, 9.17) is 9.47 Å². The van der Waals surface area contributed by atoms with Gasteiger partial charge in [-0.15, -0.1) is 11.8 Å². The number of nitrogens with zero attached hydrogens (tertiary/aromatic N) is 2. The van der Waals surface area contributed by atoms with Gasteiger partial charge in [-0.25, -0.2) is 0 Å². The van der Waals surface area contributed by atoms with Gasteiger partial charge in [0, 0.05) is 34.6 Å². The van der Waals surface area contributed by atoms with Crippen LogP contribution in [0.2, 0.25) is 0 Å². The number of aliphatic hydroxyl groups is 1. The summed E-state index contributed by atoms with van der Waals surface area (Å²) >= 11 is 1.20. The molecule has 13 heteroatoms. The first kappa shape index (κ1) is 29.5. The molecule has 214 valence electrons. The molecule has 0 saturated carbocycles. The highest BCUT2D eigenvalue weighted by Gasteiger charge is 2.71. The van der Waals surface area contributed by atoms with Crippen LogP contribution in [0.1, 0.15) is 17.5 Å². The van der Waals surface area contributed by atoms with Crippen molar-refractivity contribution in [3.8, 4) is 11.5 Å². The van der Waals surface area contributed by atoms with Gasteiger partial charge in [0.15, 0.2) is 0 Å². The average Bonchev–Trinajstić information content (AvgIpc) is 3.10. The van der Waals surface area contributed by atoms with Crippen molar-refractivity contribution >= 4 is 23.4 Å². The van der Waals surface area contributed by atoms with Gasteiger partial charge in [-0.3, -0.25) is 9.78 Å². The lowest BCUT2D eigenvalue weighted by Gasteiger charge is -2.33. The molecule has 1 N–H and O–H groups in total. The molecule has 6 nitrogen and oxygen atoms in total. The second-order valence-electron chi connectivity index (χ2n) is 8.98. The summed E-state index contributed by atoms with van der Waals surface area (Å²) in [5.41, 5.74) is -6.27. The van der Waals surface area contributed by atoms with Crippen LogP contribution in [0.4, 0.5) is 32.0 Å². The highest BCUT2D eigenvalue weighted by Crippen LogP contribution is 2.50. The number of fused-ring (bicyclic) bond motifs is 1. The summed E-state index contributed by atoms with van der Waals surface area (Å²) in [7, 11) is 1.48. The van der Waals surface area contributed by atoms with Crippen LogP contribution in [0.25, 0.3) is 0 Å². The van der Waals surface area contributed by atoms with E-state index in [1.54, 1.807) is 48.8 Å². The van der Waals surface area contributed by atoms with E-state index in [-0.39, 0.29) is 36.4 Å². The Labute approximate surface area is 229 Å². The summed E-state index contributed by atoms with van der Waals surface area (Å²) in [6.45, 7) is -0.0118. The zero-order valence-electron chi connectivity index (χ0n) is 21.0. The molecule has 0 aliphatic carbocycles. The first-order valence-electron chi connectivity index (χ1n) is 12.0. The molecule has 1 aliphatic heterocycles. The smallest absolute Gasteiger partial charge is 0.430 e. The number of halogens is 6. The lowest BCUT2D eigenvalue weighted by molar-refractivity contribution is -0.376. The largest absolute Gasteiger partial charge is 0.497 e. The Morgan fingerprint density at radius 2 is 1.70 bits per heavy atom. The zero-order valence-corrected chi connectivity index (χ0v) is 21.8. The molecule has 2 heterocycles. The van der Waals surface area contributed by atoms with Gasteiger partial charge in [0.05, 0.1) is 19.4 Å². The number of aryl methyl sites for hydroxylation is 1. The molecule has 1 aromatic heterocycles. The number of aromatic nitrogens is 1. The minimum Gasteiger partial charge on any atom is -0.497 e. The van der Waals surface area contributed by atoms with Crippen molar-refractivity contribution in [1.82, 2.24) is 4.98 Å². The SMILES string of the molecule is COc1cccc(O[C@H]2CCc3cc(C(O)(C(F)(F)F)C(F)(F)F)ccc3N(C(=O)CSc3ccncc3)C2)c1. The third kappa shape index (κ3) is 6.15. The Balaban J connectivity index is 1.69. The average molecular weight is 587 g/mol. The monoisotopic (exact) mass is 586 g/mol. The van der Waals surface area contributed by atoms with Gasteiger partial charge >= 0.3 is 12.4 Å². The maximum Gasteiger partial charge on any atom is 0.430 e. The molecule has 0 bridgehead atoms. The molecule has 40 heavy (non-hydrogen) atoms. The van der Waals surface area contributed by atoms with Crippen LogP contribution >= 0.6 is 11.8 Å². The van der Waals surface area contributed by atoms with Crippen LogP contribution in [-0.2, 0) is 16.8 Å². The van der Waals surface area contributed by atoms with Crippen molar-refractivity contribution in [1.29, 1.82) is 0 Å². The van der Waals surface area contributed by atoms with Gasteiger partial charge < -0.3 is 19.5 Å². The molecule has 1 amide bonds. The first-order valence-corrected chi connectivity index (χ1v) is 12.9. The van der Waals surface area contributed by atoms with Gasteiger partial charge in [0.1, 0.15) is 17.6 Å². The predicted octanol–water partition coefficient (Wildman–Crippen LogP) is 5.92. The highest BCUT2D eigenvalue weighted by molar-refractivity contribution is 8.00. The quantitative estimate of drug-likeness (QED) is 0.274. The number of rotatable bonds is 7. The Morgan fingerprint density at radius 3 is 2.35 bits per heavy atom. The Kier molecular flexibility index (Phi) is 8.55. The van der Waals surface area contributed by atoms with Crippen molar-refractivity contribution in [3.05, 3.63) is 78.1 Å². The molecular formula is C27H24F6N2O4S. The number of hydrogen-bond donors (Lipinski definition) is 1. The van der Waals surface area contributed by atoms with E-state index in [1.807, 2.05) is 0 Å². The Hall–Kier alpha value is -3.45. The maximum atomic E-state index is 13.6. The minimum absolute atomic E-state index is 0.00905. The molecule has 1 atom stereocenters. The van der Waals surface area contributed by atoms with E-state index in [9.17, 15) is 36.2 Å². The number of amides is 1. The molecule has 0 radical (unpaired) electrons. The van der Waals surface area contributed by atoms with Gasteiger partial charge in [-0.1, -0.05) is 18.2 Å². The topological polar surface area (TPSA) is 71.9 Å². The van der Waals surface area contributed by atoms with Crippen LogP contribution in [0.3, 0.4) is 0 Å². The molecule has 2 aromatic carbocycles. The summed E-state index contributed by atoms with van der Waals surface area (Å²) < 4.78 is 92.6. The third-order valence-corrected chi connectivity index (χ3v) is 7.38. The molecule has 0 spiro atoms. The number of carbonyl (C=O) groups is 1. The van der Waals surface area contributed by atoms with Gasteiger partial charge in [-0.2, -0.15) is 26.3 Å². The number of alkyl halides is 6. The standard InChI is InChI=1S/C27H24F6N2O4S/c1-38-19-3-2-4-20(14-19)39-21-7-5-17-13-18(25(37,26(28,29)30)27(31,32)33)6-8-23(17)35(15-21)24(36)16-40-22-9-11-34-12-10-22/h2-4,6,8-14,21,37H,5,7,15-16H2,1H3/t21-/m0/s1. The minimum atomic E-state index is -6.03. The van der Waals surface area contributed by atoms with Gasteiger partial charge in [-0.05, 0) is 48.7 Å². The van der Waals surface area contributed by atoms with E-state index in [0.29, 0.717) is 23.6 Å². The maximum absolute atomic E-state index is 13.6. The third-order valence-electron chi connectivity index (χ3n) is 6.39. The Morgan fingerprint density at radius 1 is 1.02 bits per heavy atom. The molecule has 1 aliphatic rings. The van der Waals surface area contributed by atoms with E-state index in [2.05, 4.69) is 4.98 Å². The van der Waals surface area contributed by atoms with Crippen LogP contribution < -0.4 is 14.4 Å². The number of pyridine rings is 1. The fraction of sp³-hybridized carbons (Fsp3) is 0.333. The molecule has 3 aromatic rings.